The van der Waals surface area contributed by atoms with Gasteiger partial charge in [0.1, 0.15) is 0 Å². The minimum absolute atomic E-state index is 0.0576. The van der Waals surface area contributed by atoms with Crippen molar-refractivity contribution >= 4 is 5.97 Å². The predicted octanol–water partition coefficient (Wildman–Crippen LogP) is 2.68. The summed E-state index contributed by atoms with van der Waals surface area (Å²) in [6.07, 6.45) is 7.00. The van der Waals surface area contributed by atoms with Gasteiger partial charge in [0, 0.05) is 0 Å². The van der Waals surface area contributed by atoms with Crippen LogP contribution in [0.5, 0.6) is 0 Å². The maximum Gasteiger partial charge on any atom is 0.307 e. The zero-order valence-electron chi connectivity index (χ0n) is 8.25. The standard InChI is InChI=1S/C11H18O2/c1-11-7-3-2-4-8(11)5-6-9(11)10(12)13/h8-9H,2-7H2,1H3,(H,12,13). The van der Waals surface area contributed by atoms with Crippen molar-refractivity contribution in [2.24, 2.45) is 17.3 Å². The Bertz CT molecular complexity index is 224. The van der Waals surface area contributed by atoms with Crippen molar-refractivity contribution in [3.8, 4) is 0 Å². The third kappa shape index (κ3) is 1.27. The fraction of sp³-hybridized carbons (Fsp3) is 0.909. The Balaban J connectivity index is 2.20. The van der Waals surface area contributed by atoms with Gasteiger partial charge in [0.25, 0.3) is 0 Å². The number of carbonyl (C=O) groups is 1. The third-order valence-corrected chi connectivity index (χ3v) is 4.35. The fourth-order valence-electron chi connectivity index (χ4n) is 3.47. The zero-order chi connectivity index (χ0) is 9.47. The van der Waals surface area contributed by atoms with Crippen LogP contribution in [0.2, 0.25) is 0 Å². The van der Waals surface area contributed by atoms with E-state index in [1.54, 1.807) is 0 Å². The molecule has 2 saturated carbocycles. The number of fused-ring (bicyclic) bond motifs is 1. The van der Waals surface area contributed by atoms with Crippen LogP contribution in [-0.4, -0.2) is 11.1 Å². The summed E-state index contributed by atoms with van der Waals surface area (Å²) in [6, 6.07) is 0. The Morgan fingerprint density at radius 3 is 2.77 bits per heavy atom. The summed E-state index contributed by atoms with van der Waals surface area (Å²) in [5, 5.41) is 9.12. The third-order valence-electron chi connectivity index (χ3n) is 4.35. The highest BCUT2D eigenvalue weighted by Gasteiger charge is 2.50. The van der Waals surface area contributed by atoms with Gasteiger partial charge in [-0.1, -0.05) is 19.8 Å². The van der Waals surface area contributed by atoms with Gasteiger partial charge in [-0.15, -0.1) is 0 Å². The maximum atomic E-state index is 11.1. The van der Waals surface area contributed by atoms with E-state index in [0.717, 1.165) is 19.3 Å². The van der Waals surface area contributed by atoms with E-state index in [1.807, 2.05) is 0 Å². The molecule has 2 heteroatoms. The van der Waals surface area contributed by atoms with Gasteiger partial charge in [0.05, 0.1) is 5.92 Å². The van der Waals surface area contributed by atoms with E-state index in [9.17, 15) is 4.79 Å². The SMILES string of the molecule is CC12CCCCC1CCC2C(=O)O. The topological polar surface area (TPSA) is 37.3 Å². The molecule has 0 saturated heterocycles. The summed E-state index contributed by atoms with van der Waals surface area (Å²) in [4.78, 5) is 11.1. The number of carboxylic acids is 1. The largest absolute Gasteiger partial charge is 0.481 e. The van der Waals surface area contributed by atoms with Crippen LogP contribution in [0.1, 0.15) is 45.4 Å². The van der Waals surface area contributed by atoms with Gasteiger partial charge in [0.2, 0.25) is 0 Å². The molecule has 2 fully saturated rings. The van der Waals surface area contributed by atoms with E-state index in [0.29, 0.717) is 5.92 Å². The van der Waals surface area contributed by atoms with Crippen molar-refractivity contribution in [2.75, 3.05) is 0 Å². The highest BCUT2D eigenvalue weighted by atomic mass is 16.4. The van der Waals surface area contributed by atoms with E-state index in [1.165, 1.54) is 19.3 Å². The van der Waals surface area contributed by atoms with Crippen molar-refractivity contribution in [3.05, 3.63) is 0 Å². The summed E-state index contributed by atoms with van der Waals surface area (Å²) in [5.74, 6) is 0.0760. The van der Waals surface area contributed by atoms with E-state index in [4.69, 9.17) is 5.11 Å². The molecule has 0 aromatic rings. The van der Waals surface area contributed by atoms with Gasteiger partial charge in [-0.3, -0.25) is 4.79 Å². The van der Waals surface area contributed by atoms with Gasteiger partial charge in [-0.25, -0.2) is 0 Å². The van der Waals surface area contributed by atoms with Crippen molar-refractivity contribution in [2.45, 2.75) is 45.4 Å². The first-order valence-electron chi connectivity index (χ1n) is 5.37. The molecule has 3 unspecified atom stereocenters. The van der Waals surface area contributed by atoms with Crippen LogP contribution in [0.15, 0.2) is 0 Å². The molecule has 0 bridgehead atoms. The molecule has 0 radical (unpaired) electrons. The predicted molar refractivity (Wildman–Crippen MR) is 50.4 cm³/mol. The number of hydrogen-bond donors (Lipinski definition) is 1. The van der Waals surface area contributed by atoms with Gasteiger partial charge in [-0.05, 0) is 37.0 Å². The smallest absolute Gasteiger partial charge is 0.307 e. The molecule has 0 spiro atoms. The minimum atomic E-state index is -0.563. The molecule has 0 aromatic heterocycles. The molecule has 0 amide bonds. The highest BCUT2D eigenvalue weighted by Crippen LogP contribution is 2.55. The highest BCUT2D eigenvalue weighted by molar-refractivity contribution is 5.71. The lowest BCUT2D eigenvalue weighted by atomic mass is 9.65. The van der Waals surface area contributed by atoms with Crippen LogP contribution >= 0.6 is 0 Å². The Labute approximate surface area is 79.3 Å². The molecule has 2 aliphatic rings. The number of aliphatic carboxylic acids is 1. The molecule has 0 heterocycles. The summed E-state index contributed by atoms with van der Waals surface area (Å²) in [7, 11) is 0. The minimum Gasteiger partial charge on any atom is -0.481 e. The van der Waals surface area contributed by atoms with E-state index >= 15 is 0 Å². The molecule has 2 nitrogen and oxygen atoms in total. The Hall–Kier alpha value is -0.530. The zero-order valence-corrected chi connectivity index (χ0v) is 8.25. The van der Waals surface area contributed by atoms with Gasteiger partial charge in [0.15, 0.2) is 0 Å². The van der Waals surface area contributed by atoms with Crippen LogP contribution in [0.3, 0.4) is 0 Å². The average molecular weight is 182 g/mol. The fourth-order valence-corrected chi connectivity index (χ4v) is 3.47. The Morgan fingerprint density at radius 1 is 1.31 bits per heavy atom. The maximum absolute atomic E-state index is 11.1. The number of carboxylic acid groups (broad SMARTS) is 1. The van der Waals surface area contributed by atoms with Crippen LogP contribution in [0.25, 0.3) is 0 Å². The van der Waals surface area contributed by atoms with Crippen molar-refractivity contribution in [1.29, 1.82) is 0 Å². The second-order valence-corrected chi connectivity index (χ2v) is 4.92. The Morgan fingerprint density at radius 2 is 2.08 bits per heavy atom. The molecule has 2 aliphatic carbocycles. The average Bonchev–Trinajstić information content (AvgIpc) is 2.41. The molecule has 13 heavy (non-hydrogen) atoms. The molecule has 0 aliphatic heterocycles. The lowest BCUT2D eigenvalue weighted by Gasteiger charge is -2.39. The molecular weight excluding hydrogens is 164 g/mol. The van der Waals surface area contributed by atoms with Crippen LogP contribution in [0.4, 0.5) is 0 Å². The van der Waals surface area contributed by atoms with Crippen molar-refractivity contribution in [1.82, 2.24) is 0 Å². The van der Waals surface area contributed by atoms with Crippen molar-refractivity contribution in [3.63, 3.8) is 0 Å². The first-order valence-corrected chi connectivity index (χ1v) is 5.37. The first-order chi connectivity index (χ1) is 6.14. The first kappa shape index (κ1) is 9.04. The number of rotatable bonds is 1. The second kappa shape index (κ2) is 3.00. The summed E-state index contributed by atoms with van der Waals surface area (Å²) in [6.45, 7) is 2.20. The molecule has 0 aromatic carbocycles. The van der Waals surface area contributed by atoms with Crippen LogP contribution in [0, 0.1) is 17.3 Å². The molecule has 74 valence electrons. The van der Waals surface area contributed by atoms with Crippen LogP contribution < -0.4 is 0 Å². The lowest BCUT2D eigenvalue weighted by molar-refractivity contribution is -0.146. The monoisotopic (exact) mass is 182 g/mol. The van der Waals surface area contributed by atoms with Gasteiger partial charge >= 0.3 is 5.97 Å². The quantitative estimate of drug-likeness (QED) is 0.677. The lowest BCUT2D eigenvalue weighted by Crippen LogP contribution is -2.35. The van der Waals surface area contributed by atoms with E-state index in [2.05, 4.69) is 6.92 Å². The summed E-state index contributed by atoms with van der Waals surface area (Å²) in [5.41, 5.74) is 0.129. The normalized spacial score (nSPS) is 44.4. The van der Waals surface area contributed by atoms with E-state index in [-0.39, 0.29) is 11.3 Å². The molecule has 3 atom stereocenters. The number of hydrogen-bond acceptors (Lipinski definition) is 1. The van der Waals surface area contributed by atoms with Gasteiger partial charge < -0.3 is 5.11 Å². The summed E-state index contributed by atoms with van der Waals surface area (Å²) >= 11 is 0. The van der Waals surface area contributed by atoms with E-state index < -0.39 is 5.97 Å². The Kier molecular flexibility index (Phi) is 2.09. The molecule has 1 N–H and O–H groups in total. The summed E-state index contributed by atoms with van der Waals surface area (Å²) < 4.78 is 0. The van der Waals surface area contributed by atoms with Crippen LogP contribution in [-0.2, 0) is 4.79 Å². The molecule has 2 rings (SSSR count). The molecular formula is C11H18O2. The van der Waals surface area contributed by atoms with Crippen molar-refractivity contribution < 1.29 is 9.90 Å². The van der Waals surface area contributed by atoms with Gasteiger partial charge in [-0.2, -0.15) is 0 Å². The second-order valence-electron chi connectivity index (χ2n) is 4.92.